The molecule has 1 aromatic heterocycles. The van der Waals surface area contributed by atoms with Crippen molar-refractivity contribution in [2.75, 3.05) is 12.8 Å². The van der Waals surface area contributed by atoms with Crippen molar-refractivity contribution in [3.8, 4) is 0 Å². The predicted octanol–water partition coefficient (Wildman–Crippen LogP) is 1.44. The molecule has 0 aromatic carbocycles. The summed E-state index contributed by atoms with van der Waals surface area (Å²) in [5.41, 5.74) is 6.08. The van der Waals surface area contributed by atoms with E-state index in [1.165, 1.54) is 32.8 Å². The van der Waals surface area contributed by atoms with Crippen molar-refractivity contribution in [1.29, 1.82) is 0 Å². The number of nitrogens with two attached hydrogens (primary N) is 1. The zero-order valence-electron chi connectivity index (χ0n) is 9.48. The van der Waals surface area contributed by atoms with Gasteiger partial charge in [0.15, 0.2) is 5.69 Å². The van der Waals surface area contributed by atoms with Gasteiger partial charge in [-0.1, -0.05) is 12.8 Å². The molecule has 0 radical (unpaired) electrons. The molecule has 1 saturated carbocycles. The number of hydrogen-bond donors (Lipinski definition) is 1. The van der Waals surface area contributed by atoms with E-state index in [1.54, 1.807) is 6.33 Å². The Labute approximate surface area is 94.6 Å². The van der Waals surface area contributed by atoms with E-state index in [9.17, 15) is 4.79 Å². The molecule has 0 bridgehead atoms. The van der Waals surface area contributed by atoms with Crippen LogP contribution in [0.2, 0.25) is 0 Å². The van der Waals surface area contributed by atoms with E-state index in [0.29, 0.717) is 11.7 Å². The summed E-state index contributed by atoms with van der Waals surface area (Å²) < 4.78 is 6.46. The second kappa shape index (κ2) is 4.55. The maximum atomic E-state index is 11.3. The van der Waals surface area contributed by atoms with E-state index in [4.69, 9.17) is 5.73 Å². The van der Waals surface area contributed by atoms with E-state index >= 15 is 0 Å². The molecule has 0 amide bonds. The maximum Gasteiger partial charge on any atom is 0.360 e. The van der Waals surface area contributed by atoms with Crippen LogP contribution in [0.5, 0.6) is 0 Å². The molecule has 0 unspecified atom stereocenters. The number of anilines is 1. The minimum atomic E-state index is -0.470. The number of aromatic nitrogens is 2. The topological polar surface area (TPSA) is 70.1 Å². The summed E-state index contributed by atoms with van der Waals surface area (Å²) in [4.78, 5) is 15.3. The molecule has 0 saturated heterocycles. The fraction of sp³-hybridized carbons (Fsp3) is 0.636. The van der Waals surface area contributed by atoms with Crippen LogP contribution >= 0.6 is 0 Å². The van der Waals surface area contributed by atoms with Crippen molar-refractivity contribution >= 4 is 11.8 Å². The average molecular weight is 223 g/mol. The molecule has 1 heterocycles. The third kappa shape index (κ3) is 2.03. The Hall–Kier alpha value is -1.52. The van der Waals surface area contributed by atoms with Gasteiger partial charge < -0.3 is 15.0 Å². The molecule has 1 aliphatic carbocycles. The van der Waals surface area contributed by atoms with Gasteiger partial charge in [0.1, 0.15) is 5.82 Å². The Morgan fingerprint density at radius 2 is 2.31 bits per heavy atom. The van der Waals surface area contributed by atoms with E-state index in [-0.39, 0.29) is 5.69 Å². The largest absolute Gasteiger partial charge is 0.464 e. The summed E-state index contributed by atoms with van der Waals surface area (Å²) in [6.07, 6.45) is 6.70. The van der Waals surface area contributed by atoms with Gasteiger partial charge in [0.25, 0.3) is 0 Å². The first-order chi connectivity index (χ1) is 7.72. The number of nitrogen functional groups attached to an aromatic ring is 1. The highest BCUT2D eigenvalue weighted by Crippen LogP contribution is 2.27. The Morgan fingerprint density at radius 3 is 2.94 bits per heavy atom. The van der Waals surface area contributed by atoms with Crippen molar-refractivity contribution < 1.29 is 9.53 Å². The number of hydrogen-bond acceptors (Lipinski definition) is 4. The lowest BCUT2D eigenvalue weighted by atomic mass is 10.1. The highest BCUT2D eigenvalue weighted by atomic mass is 16.5. The highest BCUT2D eigenvalue weighted by molar-refractivity contribution is 5.91. The molecule has 1 fully saturated rings. The Morgan fingerprint density at radius 1 is 1.62 bits per heavy atom. The number of methoxy groups -OCH3 is 1. The van der Waals surface area contributed by atoms with Crippen LogP contribution in [0.1, 0.15) is 36.2 Å². The van der Waals surface area contributed by atoms with Crippen LogP contribution in [0.4, 0.5) is 5.82 Å². The first-order valence-corrected chi connectivity index (χ1v) is 5.61. The molecule has 1 aromatic rings. The van der Waals surface area contributed by atoms with Gasteiger partial charge in [-0.15, -0.1) is 0 Å². The molecule has 2 N–H and O–H groups in total. The molecule has 2 rings (SSSR count). The Bertz CT molecular complexity index is 381. The van der Waals surface area contributed by atoms with Crippen LogP contribution in [0.25, 0.3) is 0 Å². The number of rotatable bonds is 3. The quantitative estimate of drug-likeness (QED) is 0.787. The van der Waals surface area contributed by atoms with Gasteiger partial charge in [-0.25, -0.2) is 9.78 Å². The monoisotopic (exact) mass is 223 g/mol. The van der Waals surface area contributed by atoms with Crippen molar-refractivity contribution in [2.45, 2.75) is 32.2 Å². The molecule has 5 heteroatoms. The van der Waals surface area contributed by atoms with Crippen LogP contribution in [-0.4, -0.2) is 22.6 Å². The number of nitrogens with zero attached hydrogens (tertiary/aromatic N) is 2. The highest BCUT2D eigenvalue weighted by Gasteiger charge is 2.20. The predicted molar refractivity (Wildman–Crippen MR) is 59.9 cm³/mol. The first kappa shape index (κ1) is 11.0. The molecule has 0 spiro atoms. The van der Waals surface area contributed by atoms with Gasteiger partial charge in [-0.2, -0.15) is 0 Å². The van der Waals surface area contributed by atoms with E-state index in [2.05, 4.69) is 9.72 Å². The van der Waals surface area contributed by atoms with Crippen LogP contribution in [0, 0.1) is 5.92 Å². The Balaban J connectivity index is 2.10. The van der Waals surface area contributed by atoms with Crippen LogP contribution in [0.15, 0.2) is 6.33 Å². The number of ether oxygens (including phenoxy) is 1. The molecule has 0 aliphatic heterocycles. The third-order valence-corrected chi connectivity index (χ3v) is 3.19. The van der Waals surface area contributed by atoms with Gasteiger partial charge in [0, 0.05) is 6.54 Å². The second-order valence-electron chi connectivity index (χ2n) is 4.27. The fourth-order valence-corrected chi connectivity index (χ4v) is 2.26. The van der Waals surface area contributed by atoms with Gasteiger partial charge in [0.05, 0.1) is 13.4 Å². The molecular formula is C11H17N3O2. The van der Waals surface area contributed by atoms with Crippen molar-refractivity contribution in [1.82, 2.24) is 9.55 Å². The van der Waals surface area contributed by atoms with Gasteiger partial charge >= 0.3 is 5.97 Å². The minimum absolute atomic E-state index is 0.223. The summed E-state index contributed by atoms with van der Waals surface area (Å²) in [6.45, 7) is 0.857. The van der Waals surface area contributed by atoms with E-state index < -0.39 is 5.97 Å². The zero-order valence-corrected chi connectivity index (χ0v) is 9.48. The molecule has 16 heavy (non-hydrogen) atoms. The lowest BCUT2D eigenvalue weighted by Gasteiger charge is -2.11. The van der Waals surface area contributed by atoms with Gasteiger partial charge in [0.2, 0.25) is 0 Å². The fourth-order valence-electron chi connectivity index (χ4n) is 2.26. The summed E-state index contributed by atoms with van der Waals surface area (Å²) in [5, 5.41) is 0. The standard InChI is InChI=1S/C11H17N3O2/c1-16-11(15)9-10(12)14(7-13-9)6-8-4-2-3-5-8/h7-8H,2-6,12H2,1H3. The molecule has 0 atom stereocenters. The SMILES string of the molecule is COC(=O)c1ncn(CC2CCCC2)c1N. The Kier molecular flexibility index (Phi) is 3.12. The number of imidazole rings is 1. The maximum absolute atomic E-state index is 11.3. The average Bonchev–Trinajstić information content (AvgIpc) is 2.90. The van der Waals surface area contributed by atoms with E-state index in [0.717, 1.165) is 6.54 Å². The molecule has 88 valence electrons. The van der Waals surface area contributed by atoms with Crippen molar-refractivity contribution in [2.24, 2.45) is 5.92 Å². The van der Waals surface area contributed by atoms with Crippen molar-refractivity contribution in [3.63, 3.8) is 0 Å². The summed E-state index contributed by atoms with van der Waals surface area (Å²) in [7, 11) is 1.33. The number of esters is 1. The van der Waals surface area contributed by atoms with Crippen molar-refractivity contribution in [3.05, 3.63) is 12.0 Å². The molecule has 1 aliphatic rings. The smallest absolute Gasteiger partial charge is 0.360 e. The molecule has 5 nitrogen and oxygen atoms in total. The second-order valence-corrected chi connectivity index (χ2v) is 4.27. The van der Waals surface area contributed by atoms with Crippen LogP contribution in [0.3, 0.4) is 0 Å². The third-order valence-electron chi connectivity index (χ3n) is 3.19. The van der Waals surface area contributed by atoms with Crippen LogP contribution in [-0.2, 0) is 11.3 Å². The zero-order chi connectivity index (χ0) is 11.5. The van der Waals surface area contributed by atoms with Crippen LogP contribution < -0.4 is 5.73 Å². The lowest BCUT2D eigenvalue weighted by molar-refractivity contribution is 0.0596. The summed E-state index contributed by atoms with van der Waals surface area (Å²) in [5.74, 6) is 0.614. The molecular weight excluding hydrogens is 206 g/mol. The van der Waals surface area contributed by atoms with E-state index in [1.807, 2.05) is 4.57 Å². The van der Waals surface area contributed by atoms with Gasteiger partial charge in [-0.05, 0) is 18.8 Å². The summed E-state index contributed by atoms with van der Waals surface area (Å²) >= 11 is 0. The first-order valence-electron chi connectivity index (χ1n) is 5.61. The lowest BCUT2D eigenvalue weighted by Crippen LogP contribution is -2.11. The number of carbonyl (C=O) groups excluding carboxylic acids is 1. The number of carbonyl (C=O) groups is 1. The minimum Gasteiger partial charge on any atom is -0.464 e. The normalized spacial score (nSPS) is 16.6. The van der Waals surface area contributed by atoms with Gasteiger partial charge in [-0.3, -0.25) is 0 Å². The summed E-state index contributed by atoms with van der Waals surface area (Å²) in [6, 6.07) is 0.